The van der Waals surface area contributed by atoms with Crippen molar-refractivity contribution in [2.45, 2.75) is 24.2 Å². The zero-order chi connectivity index (χ0) is 18.0. The number of ether oxygens (including phenoxy) is 2. The van der Waals surface area contributed by atoms with Gasteiger partial charge in [-0.3, -0.25) is 4.79 Å². The topological polar surface area (TPSA) is 81.7 Å². The van der Waals surface area contributed by atoms with Crippen molar-refractivity contribution in [1.82, 2.24) is 4.72 Å². The van der Waals surface area contributed by atoms with Crippen LogP contribution in [0.4, 0.5) is 0 Å². The summed E-state index contributed by atoms with van der Waals surface area (Å²) in [6.07, 6.45) is 2.85. The van der Waals surface area contributed by atoms with Gasteiger partial charge in [-0.2, -0.15) is 0 Å². The first-order valence-corrected chi connectivity index (χ1v) is 9.33. The van der Waals surface area contributed by atoms with Gasteiger partial charge in [0.15, 0.2) is 0 Å². The van der Waals surface area contributed by atoms with Crippen molar-refractivity contribution in [2.24, 2.45) is 0 Å². The van der Waals surface area contributed by atoms with E-state index in [1.807, 2.05) is 6.07 Å². The highest BCUT2D eigenvalue weighted by Crippen LogP contribution is 2.25. The zero-order valence-corrected chi connectivity index (χ0v) is 14.9. The summed E-state index contributed by atoms with van der Waals surface area (Å²) in [6, 6.07) is 9.50. The average Bonchev–Trinajstić information content (AvgIpc) is 3.08. The van der Waals surface area contributed by atoms with Gasteiger partial charge < -0.3 is 9.47 Å². The van der Waals surface area contributed by atoms with Crippen LogP contribution in [-0.4, -0.2) is 28.5 Å². The molecule has 1 aliphatic rings. The Morgan fingerprint density at radius 3 is 2.24 bits per heavy atom. The molecule has 0 saturated carbocycles. The Labute approximate surface area is 146 Å². The molecule has 0 radical (unpaired) electrons. The highest BCUT2D eigenvalue weighted by atomic mass is 32.2. The van der Waals surface area contributed by atoms with Crippen LogP contribution < -0.4 is 14.2 Å². The molecule has 0 bridgehead atoms. The van der Waals surface area contributed by atoms with Crippen LogP contribution in [0.3, 0.4) is 0 Å². The van der Waals surface area contributed by atoms with Gasteiger partial charge in [0.05, 0.1) is 19.1 Å². The van der Waals surface area contributed by atoms with Crippen LogP contribution in [0.5, 0.6) is 11.5 Å². The number of methoxy groups -OCH3 is 2. The molecular weight excluding hydrogens is 342 g/mol. The molecule has 6 nitrogen and oxygen atoms in total. The predicted molar refractivity (Wildman–Crippen MR) is 92.7 cm³/mol. The van der Waals surface area contributed by atoms with Gasteiger partial charge in [0, 0.05) is 11.6 Å². The maximum atomic E-state index is 12.5. The van der Waals surface area contributed by atoms with Crippen molar-refractivity contribution in [3.05, 3.63) is 53.1 Å². The summed E-state index contributed by atoms with van der Waals surface area (Å²) < 4.78 is 37.4. The number of fused-ring (bicyclic) bond motifs is 1. The molecule has 0 unspecified atom stereocenters. The molecule has 132 valence electrons. The third-order valence-corrected chi connectivity index (χ3v) is 5.55. The Hall–Kier alpha value is -2.54. The van der Waals surface area contributed by atoms with Crippen molar-refractivity contribution < 1.29 is 22.7 Å². The van der Waals surface area contributed by atoms with Gasteiger partial charge in [-0.1, -0.05) is 6.07 Å². The summed E-state index contributed by atoms with van der Waals surface area (Å²) in [5.74, 6) is 0.0663. The van der Waals surface area contributed by atoms with Gasteiger partial charge in [-0.05, 0) is 54.7 Å². The van der Waals surface area contributed by atoms with E-state index in [-0.39, 0.29) is 10.5 Å². The first kappa shape index (κ1) is 17.3. The van der Waals surface area contributed by atoms with Crippen LogP contribution in [0.1, 0.15) is 27.9 Å². The molecule has 0 aromatic heterocycles. The predicted octanol–water partition coefficient (Wildman–Crippen LogP) is 2.31. The van der Waals surface area contributed by atoms with E-state index < -0.39 is 15.9 Å². The largest absolute Gasteiger partial charge is 0.497 e. The maximum Gasteiger partial charge on any atom is 0.265 e. The first-order chi connectivity index (χ1) is 11.9. The molecule has 1 amide bonds. The molecule has 2 aromatic rings. The Balaban J connectivity index is 1.87. The monoisotopic (exact) mass is 361 g/mol. The Bertz CT molecular complexity index is 899. The zero-order valence-electron chi connectivity index (χ0n) is 14.0. The third kappa shape index (κ3) is 3.61. The van der Waals surface area contributed by atoms with Crippen LogP contribution in [0.25, 0.3) is 0 Å². The molecule has 2 aromatic carbocycles. The molecular formula is C18H19NO5S. The van der Waals surface area contributed by atoms with E-state index in [1.54, 1.807) is 12.1 Å². The van der Waals surface area contributed by atoms with Gasteiger partial charge in [-0.15, -0.1) is 0 Å². The molecule has 0 spiro atoms. The summed E-state index contributed by atoms with van der Waals surface area (Å²) in [6.45, 7) is 0. The van der Waals surface area contributed by atoms with Crippen LogP contribution in [0, 0.1) is 0 Å². The van der Waals surface area contributed by atoms with E-state index in [9.17, 15) is 13.2 Å². The lowest BCUT2D eigenvalue weighted by molar-refractivity contribution is 0.0980. The fourth-order valence-electron chi connectivity index (χ4n) is 2.89. The minimum Gasteiger partial charge on any atom is -0.497 e. The molecule has 0 heterocycles. The molecule has 1 N–H and O–H groups in total. The standard InChI is InChI=1S/C18H19NO5S/c1-23-15-8-14(9-16(11-15)24-2)18(20)19-25(21,22)17-7-6-12-4-3-5-13(12)10-17/h6-11H,3-5H2,1-2H3,(H,19,20). The highest BCUT2D eigenvalue weighted by Gasteiger charge is 2.22. The number of rotatable bonds is 5. The van der Waals surface area contributed by atoms with E-state index in [0.717, 1.165) is 24.8 Å². The van der Waals surface area contributed by atoms with E-state index in [0.29, 0.717) is 11.5 Å². The lowest BCUT2D eigenvalue weighted by Crippen LogP contribution is -2.30. The number of amides is 1. The Morgan fingerprint density at radius 1 is 0.960 bits per heavy atom. The SMILES string of the molecule is COc1cc(OC)cc(C(=O)NS(=O)(=O)c2ccc3c(c2)CCC3)c1. The minimum atomic E-state index is -3.95. The van der Waals surface area contributed by atoms with Crippen molar-refractivity contribution in [1.29, 1.82) is 0 Å². The van der Waals surface area contributed by atoms with Gasteiger partial charge in [0.1, 0.15) is 11.5 Å². The molecule has 0 atom stereocenters. The van der Waals surface area contributed by atoms with Crippen LogP contribution in [0.2, 0.25) is 0 Å². The Morgan fingerprint density at radius 2 is 1.60 bits per heavy atom. The second-order valence-electron chi connectivity index (χ2n) is 5.82. The van der Waals surface area contributed by atoms with Crippen LogP contribution in [-0.2, 0) is 22.9 Å². The minimum absolute atomic E-state index is 0.0939. The average molecular weight is 361 g/mol. The smallest absolute Gasteiger partial charge is 0.265 e. The highest BCUT2D eigenvalue weighted by molar-refractivity contribution is 7.90. The number of benzene rings is 2. The summed E-state index contributed by atoms with van der Waals surface area (Å²) in [4.78, 5) is 12.5. The van der Waals surface area contributed by atoms with E-state index in [4.69, 9.17) is 9.47 Å². The van der Waals surface area contributed by atoms with Crippen molar-refractivity contribution in [3.8, 4) is 11.5 Å². The fourth-order valence-corrected chi connectivity index (χ4v) is 3.92. The molecule has 0 aliphatic heterocycles. The van der Waals surface area contributed by atoms with E-state index >= 15 is 0 Å². The second kappa shape index (κ2) is 6.76. The maximum absolute atomic E-state index is 12.5. The third-order valence-electron chi connectivity index (χ3n) is 4.22. The quantitative estimate of drug-likeness (QED) is 0.884. The van der Waals surface area contributed by atoms with Crippen LogP contribution in [0.15, 0.2) is 41.3 Å². The van der Waals surface area contributed by atoms with Crippen molar-refractivity contribution in [2.75, 3.05) is 14.2 Å². The van der Waals surface area contributed by atoms with Gasteiger partial charge in [0.25, 0.3) is 15.9 Å². The normalized spacial score (nSPS) is 13.2. The molecule has 1 aliphatic carbocycles. The number of carbonyl (C=O) groups is 1. The lowest BCUT2D eigenvalue weighted by atomic mass is 10.1. The van der Waals surface area contributed by atoms with Gasteiger partial charge >= 0.3 is 0 Å². The summed E-state index contributed by atoms with van der Waals surface area (Å²) in [5, 5.41) is 0. The number of hydrogen-bond acceptors (Lipinski definition) is 5. The molecule has 3 rings (SSSR count). The van der Waals surface area contributed by atoms with Crippen molar-refractivity contribution >= 4 is 15.9 Å². The number of hydrogen-bond donors (Lipinski definition) is 1. The lowest BCUT2D eigenvalue weighted by Gasteiger charge is -2.11. The second-order valence-corrected chi connectivity index (χ2v) is 7.50. The van der Waals surface area contributed by atoms with E-state index in [2.05, 4.69) is 4.72 Å². The van der Waals surface area contributed by atoms with Crippen molar-refractivity contribution in [3.63, 3.8) is 0 Å². The summed E-state index contributed by atoms with van der Waals surface area (Å²) in [7, 11) is -1.04. The summed E-state index contributed by atoms with van der Waals surface area (Å²) >= 11 is 0. The fraction of sp³-hybridized carbons (Fsp3) is 0.278. The summed E-state index contributed by atoms with van der Waals surface area (Å²) in [5.41, 5.74) is 2.34. The molecule has 25 heavy (non-hydrogen) atoms. The number of nitrogens with one attached hydrogen (secondary N) is 1. The number of sulfonamides is 1. The molecule has 0 saturated heterocycles. The first-order valence-electron chi connectivity index (χ1n) is 7.85. The number of carbonyl (C=O) groups excluding carboxylic acids is 1. The Kier molecular flexibility index (Phi) is 4.67. The number of aryl methyl sites for hydroxylation is 2. The molecule has 0 fully saturated rings. The van der Waals surface area contributed by atoms with Gasteiger partial charge in [0.2, 0.25) is 0 Å². The van der Waals surface area contributed by atoms with E-state index in [1.165, 1.54) is 38.0 Å². The molecule has 7 heteroatoms. The van der Waals surface area contributed by atoms with Crippen LogP contribution >= 0.6 is 0 Å². The van der Waals surface area contributed by atoms with Gasteiger partial charge in [-0.25, -0.2) is 13.1 Å².